The van der Waals surface area contributed by atoms with Crippen LogP contribution in [0.3, 0.4) is 0 Å². The number of aliphatic hydroxyl groups is 1. The molecule has 0 aromatic carbocycles. The van der Waals surface area contributed by atoms with E-state index < -0.39 is 10.0 Å². The molecule has 6 nitrogen and oxygen atoms in total. The van der Waals surface area contributed by atoms with Gasteiger partial charge in [0.1, 0.15) is 5.01 Å². The molecule has 0 aliphatic heterocycles. The monoisotopic (exact) mass is 301 g/mol. The van der Waals surface area contributed by atoms with Gasteiger partial charge >= 0.3 is 0 Å². The van der Waals surface area contributed by atoms with Gasteiger partial charge in [0.2, 0.25) is 10.0 Å². The van der Waals surface area contributed by atoms with Crippen molar-refractivity contribution in [1.29, 1.82) is 0 Å². The van der Waals surface area contributed by atoms with Crippen LogP contribution in [0.25, 0.3) is 0 Å². The number of hydrogen-bond donors (Lipinski definition) is 3. The minimum Gasteiger partial charge on any atom is -0.390 e. The third-order valence-corrected chi connectivity index (χ3v) is 4.99. The summed E-state index contributed by atoms with van der Waals surface area (Å²) >= 11 is 1.42. The number of aromatic nitrogens is 2. The molecule has 2 aromatic rings. The Hall–Kier alpha value is -1.22. The van der Waals surface area contributed by atoms with Crippen molar-refractivity contribution in [3.05, 3.63) is 34.5 Å². The van der Waals surface area contributed by atoms with Crippen molar-refractivity contribution in [1.82, 2.24) is 14.7 Å². The predicted octanol–water partition coefficient (Wildman–Crippen LogP) is 1.39. The lowest BCUT2D eigenvalue weighted by Gasteiger charge is -2.13. The van der Waals surface area contributed by atoms with Crippen LogP contribution in [0.2, 0.25) is 0 Å². The first-order valence-corrected chi connectivity index (χ1v) is 8.13. The van der Waals surface area contributed by atoms with Crippen molar-refractivity contribution >= 4 is 21.4 Å². The van der Waals surface area contributed by atoms with Crippen LogP contribution in [-0.2, 0) is 16.6 Å². The van der Waals surface area contributed by atoms with Crippen molar-refractivity contribution in [2.75, 3.05) is 0 Å². The fourth-order valence-corrected chi connectivity index (χ4v) is 3.78. The van der Waals surface area contributed by atoms with Crippen LogP contribution >= 0.6 is 11.3 Å². The Morgan fingerprint density at radius 2 is 2.37 bits per heavy atom. The number of hydrogen-bond acceptors (Lipinski definition) is 5. The molecule has 1 atom stereocenters. The minimum absolute atomic E-state index is 0.117. The molecule has 0 aliphatic carbocycles. The quantitative estimate of drug-likeness (QED) is 0.751. The molecule has 2 aromatic heterocycles. The van der Waals surface area contributed by atoms with Gasteiger partial charge in [-0.25, -0.2) is 18.1 Å². The molecular formula is C11H15N3O3S2. The normalized spacial score (nSPS) is 13.6. The molecule has 104 valence electrons. The number of H-pyrrole nitrogens is 1. The van der Waals surface area contributed by atoms with Crippen LogP contribution in [0.15, 0.2) is 28.7 Å². The molecule has 3 N–H and O–H groups in total. The maximum atomic E-state index is 12.2. The highest BCUT2D eigenvalue weighted by Crippen LogP contribution is 2.22. The van der Waals surface area contributed by atoms with E-state index >= 15 is 0 Å². The topological polar surface area (TPSA) is 95.1 Å². The number of aliphatic hydroxyl groups excluding tert-OH is 1. The molecule has 0 saturated heterocycles. The van der Waals surface area contributed by atoms with Gasteiger partial charge < -0.3 is 10.1 Å². The first kappa shape index (κ1) is 14.2. The Morgan fingerprint density at radius 3 is 2.89 bits per heavy atom. The van der Waals surface area contributed by atoms with E-state index in [1.165, 1.54) is 23.6 Å². The van der Waals surface area contributed by atoms with Crippen molar-refractivity contribution in [2.24, 2.45) is 0 Å². The zero-order valence-electron chi connectivity index (χ0n) is 10.3. The Labute approximate surface area is 115 Å². The molecular weight excluding hydrogens is 286 g/mol. The van der Waals surface area contributed by atoms with E-state index in [0.717, 1.165) is 5.01 Å². The van der Waals surface area contributed by atoms with E-state index in [1.54, 1.807) is 6.20 Å². The van der Waals surface area contributed by atoms with E-state index in [2.05, 4.69) is 14.7 Å². The van der Waals surface area contributed by atoms with Crippen molar-refractivity contribution in [3.8, 4) is 0 Å². The summed E-state index contributed by atoms with van der Waals surface area (Å²) in [4.78, 5) is 6.95. The van der Waals surface area contributed by atoms with Crippen LogP contribution in [0.4, 0.5) is 0 Å². The van der Waals surface area contributed by atoms with E-state index in [0.29, 0.717) is 12.1 Å². The Bertz CT molecular complexity index is 619. The molecule has 19 heavy (non-hydrogen) atoms. The van der Waals surface area contributed by atoms with Crippen LogP contribution in [0.1, 0.15) is 30.1 Å². The van der Waals surface area contributed by atoms with Gasteiger partial charge in [0, 0.05) is 23.5 Å². The number of aromatic amines is 1. The fourth-order valence-electron chi connectivity index (χ4n) is 1.64. The second kappa shape index (κ2) is 5.83. The van der Waals surface area contributed by atoms with Crippen LogP contribution in [-0.4, -0.2) is 23.5 Å². The van der Waals surface area contributed by atoms with Gasteiger partial charge in [-0.3, -0.25) is 0 Å². The second-order valence-corrected chi connectivity index (χ2v) is 6.61. The Morgan fingerprint density at radius 1 is 1.58 bits per heavy atom. The zero-order chi connectivity index (χ0) is 13.9. The molecule has 0 bridgehead atoms. The van der Waals surface area contributed by atoms with Gasteiger partial charge in [0.25, 0.3) is 0 Å². The summed E-state index contributed by atoms with van der Waals surface area (Å²) in [5, 5.41) is 11.5. The summed E-state index contributed by atoms with van der Waals surface area (Å²) < 4.78 is 27.0. The molecule has 8 heteroatoms. The van der Waals surface area contributed by atoms with Crippen molar-refractivity contribution in [2.45, 2.75) is 30.9 Å². The van der Waals surface area contributed by atoms with Gasteiger partial charge in [0.05, 0.1) is 17.5 Å². The summed E-state index contributed by atoms with van der Waals surface area (Å²) in [5.74, 6) is 0. The van der Waals surface area contributed by atoms with Gasteiger partial charge in [-0.05, 0) is 12.5 Å². The van der Waals surface area contributed by atoms with Crippen molar-refractivity contribution in [3.63, 3.8) is 0 Å². The number of nitrogens with zero attached hydrogens (tertiary/aromatic N) is 1. The first-order valence-electron chi connectivity index (χ1n) is 5.76. The summed E-state index contributed by atoms with van der Waals surface area (Å²) in [6.07, 6.45) is 3.63. The smallest absolute Gasteiger partial charge is 0.242 e. The van der Waals surface area contributed by atoms with E-state index in [4.69, 9.17) is 5.11 Å². The minimum atomic E-state index is -3.61. The number of nitrogens with one attached hydrogen (secondary N) is 2. The van der Waals surface area contributed by atoms with Crippen molar-refractivity contribution < 1.29 is 13.5 Å². The lowest BCUT2D eigenvalue weighted by atomic mass is 10.3. The lowest BCUT2D eigenvalue weighted by Crippen LogP contribution is -2.28. The molecule has 0 spiro atoms. The predicted molar refractivity (Wildman–Crippen MR) is 72.2 cm³/mol. The first-order chi connectivity index (χ1) is 9.06. The standard InChI is InChI=1S/C11H15N3O3S2/c1-2-10(11-12-3-4-18-11)14-19(16,17)9-5-8(7-15)13-6-9/h3-6,10,13-15H,2,7H2,1H3. The second-order valence-electron chi connectivity index (χ2n) is 3.97. The summed E-state index contributed by atoms with van der Waals surface area (Å²) in [6.45, 7) is 1.67. The van der Waals surface area contributed by atoms with E-state index in [9.17, 15) is 8.42 Å². The Kier molecular flexibility index (Phi) is 4.35. The number of sulfonamides is 1. The molecule has 0 amide bonds. The van der Waals surface area contributed by atoms with Crippen LogP contribution in [0, 0.1) is 0 Å². The third kappa shape index (κ3) is 3.21. The average molecular weight is 301 g/mol. The maximum absolute atomic E-state index is 12.2. The number of rotatable bonds is 6. The van der Waals surface area contributed by atoms with Crippen LogP contribution in [0.5, 0.6) is 0 Å². The molecule has 0 radical (unpaired) electrons. The molecule has 2 rings (SSSR count). The highest BCUT2D eigenvalue weighted by molar-refractivity contribution is 7.89. The SMILES string of the molecule is CCC(NS(=O)(=O)c1c[nH]c(CO)c1)c1nccs1. The van der Waals surface area contributed by atoms with E-state index in [-0.39, 0.29) is 17.5 Å². The highest BCUT2D eigenvalue weighted by Gasteiger charge is 2.22. The van der Waals surface area contributed by atoms with Gasteiger partial charge in [-0.1, -0.05) is 6.92 Å². The lowest BCUT2D eigenvalue weighted by molar-refractivity contribution is 0.277. The number of thiazole rings is 1. The molecule has 0 aliphatic rings. The summed E-state index contributed by atoms with van der Waals surface area (Å²) in [6, 6.07) is 1.08. The molecule has 0 saturated carbocycles. The molecule has 0 fully saturated rings. The van der Waals surface area contributed by atoms with Crippen LogP contribution < -0.4 is 4.72 Å². The summed E-state index contributed by atoms with van der Waals surface area (Å²) in [5.41, 5.74) is 0.461. The zero-order valence-corrected chi connectivity index (χ0v) is 12.0. The largest absolute Gasteiger partial charge is 0.390 e. The maximum Gasteiger partial charge on any atom is 0.242 e. The Balaban J connectivity index is 2.20. The molecule has 2 heterocycles. The summed E-state index contributed by atoms with van der Waals surface area (Å²) in [7, 11) is -3.61. The third-order valence-electron chi connectivity index (χ3n) is 2.65. The average Bonchev–Trinajstić information content (AvgIpc) is 3.06. The molecule has 1 unspecified atom stereocenters. The van der Waals surface area contributed by atoms with Gasteiger partial charge in [-0.15, -0.1) is 11.3 Å². The fraction of sp³-hybridized carbons (Fsp3) is 0.364. The van der Waals surface area contributed by atoms with E-state index in [1.807, 2.05) is 12.3 Å². The van der Waals surface area contributed by atoms with Gasteiger partial charge in [0.15, 0.2) is 0 Å². The highest BCUT2D eigenvalue weighted by atomic mass is 32.2. The van der Waals surface area contributed by atoms with Gasteiger partial charge in [-0.2, -0.15) is 0 Å².